The summed E-state index contributed by atoms with van der Waals surface area (Å²) < 4.78 is 125. The number of anilines is 3. The normalized spacial score (nSPS) is 20.4. The number of hydrogen-bond acceptors (Lipinski definition) is 21. The van der Waals surface area contributed by atoms with E-state index >= 15 is 0 Å². The summed E-state index contributed by atoms with van der Waals surface area (Å²) >= 11 is 1.30. The van der Waals surface area contributed by atoms with Crippen molar-refractivity contribution in [3.8, 4) is 0 Å². The number of carbonyl (C=O) groups excluding carboxylic acids is 6. The molecule has 119 heavy (non-hydrogen) atoms. The van der Waals surface area contributed by atoms with Gasteiger partial charge in [-0.3, -0.25) is 37.2 Å². The van der Waals surface area contributed by atoms with Gasteiger partial charge in [0.15, 0.2) is 18.3 Å². The highest BCUT2D eigenvalue weighted by Gasteiger charge is 2.44. The zero-order valence-corrected chi connectivity index (χ0v) is 69.8. The Labute approximate surface area is 694 Å². The number of ether oxygens (including phenoxy) is 3. The molecular weight excluding hydrogens is 1620 g/mol. The minimum absolute atomic E-state index is 0.127. The number of nitrogens with one attached hydrogen (secondary N) is 3. The van der Waals surface area contributed by atoms with Crippen molar-refractivity contribution in [1.82, 2.24) is 16.0 Å². The Morgan fingerprint density at radius 3 is 0.975 bits per heavy atom. The van der Waals surface area contributed by atoms with Gasteiger partial charge in [0.25, 0.3) is 35.4 Å². The van der Waals surface area contributed by atoms with Crippen LogP contribution in [0.3, 0.4) is 0 Å². The summed E-state index contributed by atoms with van der Waals surface area (Å²) in [5.41, 5.74) is 0.564. The monoisotopic (exact) mass is 1720 g/mol. The molecule has 0 aliphatic carbocycles. The quantitative estimate of drug-likeness (QED) is 0.0196. The molecule has 0 radical (unpaired) electrons. The number of methoxy groups -OCH3 is 3. The molecule has 26 nitrogen and oxygen atoms in total. The molecule has 35 heteroatoms. The van der Waals surface area contributed by atoms with Crippen LogP contribution >= 0.6 is 11.8 Å². The first kappa shape index (κ1) is 97.2. The predicted octanol–water partition coefficient (Wildman–Crippen LogP) is 6.40. The molecule has 12 N–H and O–H groups in total. The van der Waals surface area contributed by atoms with E-state index in [2.05, 4.69) is 16.0 Å². The second kappa shape index (κ2) is 43.1. The second-order valence-corrected chi connectivity index (χ2v) is 35.6. The van der Waals surface area contributed by atoms with E-state index in [0.717, 1.165) is 68.7 Å². The molecule has 0 unspecified atom stereocenters. The first-order valence-electron chi connectivity index (χ1n) is 37.4. The van der Waals surface area contributed by atoms with Crippen LogP contribution < -0.4 is 30.7 Å². The number of fused-ring (bicyclic) bond motifs is 3. The number of aliphatic hydroxyl groups is 9. The molecule has 6 aromatic rings. The van der Waals surface area contributed by atoms with Gasteiger partial charge in [-0.15, -0.1) is 11.8 Å². The fourth-order valence-electron chi connectivity index (χ4n) is 12.4. The van der Waals surface area contributed by atoms with Crippen LogP contribution in [0, 0.1) is 51.1 Å². The molecule has 0 saturated heterocycles. The molecular formula is C84H102F6N6O20S3. The van der Waals surface area contributed by atoms with Crippen molar-refractivity contribution in [3.05, 3.63) is 215 Å². The molecule has 17 atom stereocenters. The lowest BCUT2D eigenvalue weighted by Crippen LogP contribution is -2.57. The number of allylic oxidation sites excluding steroid dienone is 3. The van der Waals surface area contributed by atoms with Gasteiger partial charge in [-0.1, -0.05) is 135 Å². The Hall–Kier alpha value is -8.89. The van der Waals surface area contributed by atoms with E-state index in [1.165, 1.54) is 56.8 Å². The van der Waals surface area contributed by atoms with Gasteiger partial charge in [-0.05, 0) is 106 Å². The average Bonchev–Trinajstić information content (AvgIpc) is 1.68. The molecule has 0 spiro atoms. The van der Waals surface area contributed by atoms with Crippen LogP contribution in [0.4, 0.5) is 43.4 Å². The van der Waals surface area contributed by atoms with Gasteiger partial charge in [0.05, 0.1) is 79.6 Å². The smallest absolute Gasteiger partial charge is 0.252 e. The molecule has 6 amide bonds. The lowest BCUT2D eigenvalue weighted by Gasteiger charge is -2.29. The highest BCUT2D eigenvalue weighted by molar-refractivity contribution is 7.99. The van der Waals surface area contributed by atoms with Crippen LogP contribution in [0.5, 0.6) is 0 Å². The third-order valence-electron chi connectivity index (χ3n) is 18.4. The van der Waals surface area contributed by atoms with Crippen molar-refractivity contribution >= 4 is 85.9 Å². The van der Waals surface area contributed by atoms with Crippen molar-refractivity contribution < 1.29 is 124 Å². The fourth-order valence-corrected chi connectivity index (χ4v) is 16.2. The maximum absolute atomic E-state index is 13.9. The molecule has 3 aliphatic rings. The molecule has 0 saturated carbocycles. The zero-order chi connectivity index (χ0) is 88.5. The Bertz CT molecular complexity index is 4430. The summed E-state index contributed by atoms with van der Waals surface area (Å²) in [6, 6.07) is 24.4. The summed E-state index contributed by atoms with van der Waals surface area (Å²) in [7, 11) is -0.176. The molecule has 648 valence electrons. The van der Waals surface area contributed by atoms with E-state index in [1.807, 2.05) is 62.3 Å². The first-order chi connectivity index (χ1) is 55.7. The first-order valence-corrected chi connectivity index (χ1v) is 41.0. The highest BCUT2D eigenvalue weighted by Crippen LogP contribution is 2.37. The van der Waals surface area contributed by atoms with E-state index in [1.54, 1.807) is 78.9 Å². The van der Waals surface area contributed by atoms with Gasteiger partial charge >= 0.3 is 0 Å². The minimum Gasteiger partial charge on any atom is -0.387 e. The van der Waals surface area contributed by atoms with E-state index in [9.17, 15) is 109 Å². The van der Waals surface area contributed by atoms with Crippen LogP contribution in [-0.2, 0) is 84.2 Å². The van der Waals surface area contributed by atoms with E-state index < -0.39 is 183 Å². The second-order valence-electron chi connectivity index (χ2n) is 31.6. The number of aliphatic hydroxyl groups excluding tert-OH is 9. The van der Waals surface area contributed by atoms with Crippen molar-refractivity contribution in [2.45, 2.75) is 188 Å². The van der Waals surface area contributed by atoms with E-state index in [0.29, 0.717) is 17.8 Å². The number of benzene rings is 6. The highest BCUT2D eigenvalue weighted by atomic mass is 32.2. The molecule has 6 aromatic carbocycles. The lowest BCUT2D eigenvalue weighted by molar-refractivity contribution is -0.150. The van der Waals surface area contributed by atoms with Gasteiger partial charge in [-0.25, -0.2) is 26.3 Å². The van der Waals surface area contributed by atoms with Crippen LogP contribution in [0.2, 0.25) is 0 Å². The van der Waals surface area contributed by atoms with Crippen LogP contribution in [-0.4, -0.2) is 220 Å². The minimum atomic E-state index is -1.89. The third-order valence-corrected chi connectivity index (χ3v) is 22.5. The number of nitrogens with zero attached hydrogens (tertiary/aromatic N) is 3. The number of halogens is 6. The molecule has 0 bridgehead atoms. The van der Waals surface area contributed by atoms with Gasteiger partial charge in [0, 0.05) is 50.2 Å². The summed E-state index contributed by atoms with van der Waals surface area (Å²) in [5.74, 6) is -10.3. The molecule has 9 rings (SSSR count). The fraction of sp³-hybridized carbons (Fsp3) is 0.429. The topological polar surface area (TPSA) is 392 Å². The number of amides is 6. The van der Waals surface area contributed by atoms with Gasteiger partial charge in [0.1, 0.15) is 108 Å². The van der Waals surface area contributed by atoms with Gasteiger partial charge in [0.2, 0.25) is 0 Å². The molecule has 3 aliphatic heterocycles. The van der Waals surface area contributed by atoms with Crippen molar-refractivity contribution in [1.29, 1.82) is 0 Å². The Morgan fingerprint density at radius 1 is 0.420 bits per heavy atom. The number of para-hydroxylation sites is 3. The zero-order valence-electron chi connectivity index (χ0n) is 67.3. The maximum atomic E-state index is 13.9. The van der Waals surface area contributed by atoms with Crippen LogP contribution in [0.15, 0.2) is 179 Å². The molecule has 0 aromatic heterocycles. The Morgan fingerprint density at radius 2 is 0.681 bits per heavy atom. The predicted molar refractivity (Wildman–Crippen MR) is 433 cm³/mol. The SMILES string of the molecule is CO[C@@H](C(=O)N[C@H]1CSc2ccccc2N(Cc2cc(F)cc(F)c2)C1=O)[C@H](O)[C@@H](O)[C@H](O)/C=C/C(C)(C)C.CO[C@@H](C(=O)N[C@H]1C[S@@](=O)c2ccccc2N(Cc2cc(F)cc(F)c2)C1=O)[C@H](O)[C@@H](O)[C@H](O)/C=C/C(C)(C)C.CO[C@@H](C(=O)N[C@H]1C[S@](=O)c2ccccc2N(Cc2cc(F)cc(F)c2)C1=O)[C@H](O)[C@@H](O)[C@H](O)/C=C/C(C)(C)C. The largest absolute Gasteiger partial charge is 0.387 e. The number of carbonyl (C=O) groups is 6. The standard InChI is InChI=1S/2C28H34F2N2O7S.C28H34F2N2O6S/c2*1-28(2,3)10-9-21(33)23(34)24(35)25(39-4)26(36)31-19-15-40(38)22-8-6-5-7-20(22)32(27(19)37)14-16-11-17(29)13-18(30)12-16;1-28(2,3)10-9-21(33)23(34)24(35)25(38-4)26(36)31-19-15-39-22-8-6-5-7-20(22)32(27(19)37)14-16-11-17(29)13-18(30)12-16/h2*5-13,19,21,23-25,33-35H,14-15H2,1-4H3,(H,31,36);5-13,19,21,23-25,33-35H,14-15H2,1-4H3,(H,31,36)/b3*10-9+/t19-,21+,23-,24+,25+,40+;19-,21+,23-,24+,25+,40-;19-,21+,23-,24+,25+/m000/s1. The lowest BCUT2D eigenvalue weighted by atomic mass is 9.94. The summed E-state index contributed by atoms with van der Waals surface area (Å²) in [6.07, 6.45) is -11.7. The maximum Gasteiger partial charge on any atom is 0.252 e. The third kappa shape index (κ3) is 27.6. The number of hydrogen-bond donors (Lipinski definition) is 12. The van der Waals surface area contributed by atoms with Crippen molar-refractivity contribution in [2.24, 2.45) is 16.2 Å². The average molecular weight is 1730 g/mol. The van der Waals surface area contributed by atoms with Crippen LogP contribution in [0.1, 0.15) is 79.0 Å². The van der Waals surface area contributed by atoms with Crippen molar-refractivity contribution in [3.63, 3.8) is 0 Å². The summed E-state index contributed by atoms with van der Waals surface area (Å²) in [5, 5.41) is 102. The van der Waals surface area contributed by atoms with Crippen molar-refractivity contribution in [2.75, 3.05) is 53.3 Å². The molecule has 0 fully saturated rings. The van der Waals surface area contributed by atoms with E-state index in [4.69, 9.17) is 14.2 Å². The Balaban J connectivity index is 0.000000246. The van der Waals surface area contributed by atoms with Gasteiger partial charge in [-0.2, -0.15) is 0 Å². The summed E-state index contributed by atoms with van der Waals surface area (Å²) in [4.78, 5) is 85.3. The van der Waals surface area contributed by atoms with E-state index in [-0.39, 0.29) is 91.0 Å². The number of rotatable bonds is 27. The summed E-state index contributed by atoms with van der Waals surface area (Å²) in [6.45, 7) is 16.1. The number of thioether (sulfide) groups is 1. The Kier molecular flexibility index (Phi) is 35.2. The molecule has 3 heterocycles. The van der Waals surface area contributed by atoms with Gasteiger partial charge < -0.3 is 90.8 Å². The van der Waals surface area contributed by atoms with Crippen LogP contribution in [0.25, 0.3) is 0 Å².